The van der Waals surface area contributed by atoms with E-state index in [1.54, 1.807) is 0 Å². The Morgan fingerprint density at radius 2 is 2.11 bits per heavy atom. The van der Waals surface area contributed by atoms with E-state index in [1.807, 2.05) is 6.07 Å². The van der Waals surface area contributed by atoms with Crippen LogP contribution in [0.2, 0.25) is 0 Å². The number of nitrogen functional groups attached to an aromatic ring is 1. The highest BCUT2D eigenvalue weighted by Gasteiger charge is 2.30. The van der Waals surface area contributed by atoms with Crippen LogP contribution in [0, 0.1) is 0 Å². The van der Waals surface area contributed by atoms with Crippen molar-refractivity contribution in [2.75, 3.05) is 24.0 Å². The summed E-state index contributed by atoms with van der Waals surface area (Å²) in [5, 5.41) is 3.42. The highest BCUT2D eigenvalue weighted by atomic mass is 16.5. The SMILES string of the molecule is CC(C)c1nc(NN)cc(NC2(C)CCOC2)n1. The minimum Gasteiger partial charge on any atom is -0.379 e. The highest BCUT2D eigenvalue weighted by Crippen LogP contribution is 2.24. The molecule has 6 heteroatoms. The summed E-state index contributed by atoms with van der Waals surface area (Å²) in [6.45, 7) is 7.72. The van der Waals surface area contributed by atoms with E-state index in [4.69, 9.17) is 10.6 Å². The van der Waals surface area contributed by atoms with E-state index in [1.165, 1.54) is 0 Å². The van der Waals surface area contributed by atoms with Crippen molar-refractivity contribution < 1.29 is 4.74 Å². The van der Waals surface area contributed by atoms with Gasteiger partial charge in [0.25, 0.3) is 0 Å². The molecule has 6 nitrogen and oxygen atoms in total. The van der Waals surface area contributed by atoms with E-state index in [9.17, 15) is 0 Å². The van der Waals surface area contributed by atoms with Crippen LogP contribution in [0.5, 0.6) is 0 Å². The van der Waals surface area contributed by atoms with Crippen molar-refractivity contribution in [3.63, 3.8) is 0 Å². The second-order valence-corrected chi connectivity index (χ2v) is 5.28. The molecule has 0 bridgehead atoms. The largest absolute Gasteiger partial charge is 0.379 e. The van der Waals surface area contributed by atoms with Crippen LogP contribution in [0.25, 0.3) is 0 Å². The smallest absolute Gasteiger partial charge is 0.145 e. The lowest BCUT2D eigenvalue weighted by Gasteiger charge is -2.24. The molecule has 1 aliphatic heterocycles. The summed E-state index contributed by atoms with van der Waals surface area (Å²) in [5.41, 5.74) is 2.52. The second kappa shape index (κ2) is 5.07. The summed E-state index contributed by atoms with van der Waals surface area (Å²) in [7, 11) is 0. The number of rotatable bonds is 4. The summed E-state index contributed by atoms with van der Waals surface area (Å²) in [6.07, 6.45) is 0.972. The molecule has 0 spiro atoms. The van der Waals surface area contributed by atoms with Crippen molar-refractivity contribution >= 4 is 11.6 Å². The van der Waals surface area contributed by atoms with Gasteiger partial charge in [0.1, 0.15) is 17.5 Å². The van der Waals surface area contributed by atoms with E-state index < -0.39 is 0 Å². The zero-order chi connectivity index (χ0) is 13.2. The lowest BCUT2D eigenvalue weighted by Crippen LogP contribution is -2.35. The Balaban J connectivity index is 2.23. The molecule has 1 aliphatic rings. The molecule has 1 atom stereocenters. The van der Waals surface area contributed by atoms with Gasteiger partial charge in [-0.2, -0.15) is 0 Å². The fourth-order valence-corrected chi connectivity index (χ4v) is 1.94. The average Bonchev–Trinajstić information content (AvgIpc) is 2.75. The van der Waals surface area contributed by atoms with Gasteiger partial charge in [-0.15, -0.1) is 0 Å². The lowest BCUT2D eigenvalue weighted by atomic mass is 10.0. The van der Waals surface area contributed by atoms with Gasteiger partial charge in [-0.25, -0.2) is 15.8 Å². The lowest BCUT2D eigenvalue weighted by molar-refractivity contribution is 0.185. The molecule has 0 aliphatic carbocycles. The molecule has 0 amide bonds. The number of nitrogens with one attached hydrogen (secondary N) is 2. The molecule has 0 saturated carbocycles. The molecule has 2 rings (SSSR count). The van der Waals surface area contributed by atoms with Gasteiger partial charge in [0.05, 0.1) is 12.1 Å². The number of hydrogen-bond donors (Lipinski definition) is 3. The first-order chi connectivity index (χ1) is 8.52. The maximum Gasteiger partial charge on any atom is 0.145 e. The van der Waals surface area contributed by atoms with Gasteiger partial charge in [0, 0.05) is 18.6 Å². The average molecular weight is 251 g/mol. The van der Waals surface area contributed by atoms with Crippen molar-refractivity contribution in [3.05, 3.63) is 11.9 Å². The Hall–Kier alpha value is -1.40. The van der Waals surface area contributed by atoms with Gasteiger partial charge in [0.2, 0.25) is 0 Å². The summed E-state index contributed by atoms with van der Waals surface area (Å²) < 4.78 is 5.42. The van der Waals surface area contributed by atoms with Crippen LogP contribution in [-0.4, -0.2) is 28.7 Å². The Morgan fingerprint density at radius 3 is 2.67 bits per heavy atom. The quantitative estimate of drug-likeness (QED) is 0.555. The van der Waals surface area contributed by atoms with E-state index in [0.717, 1.165) is 24.7 Å². The van der Waals surface area contributed by atoms with Gasteiger partial charge in [-0.3, -0.25) is 0 Å². The van der Waals surface area contributed by atoms with Gasteiger partial charge in [-0.1, -0.05) is 13.8 Å². The highest BCUT2D eigenvalue weighted by molar-refractivity contribution is 5.48. The third-order valence-corrected chi connectivity index (χ3v) is 3.06. The Morgan fingerprint density at radius 1 is 1.39 bits per heavy atom. The van der Waals surface area contributed by atoms with E-state index in [2.05, 4.69) is 41.5 Å². The van der Waals surface area contributed by atoms with Crippen LogP contribution in [-0.2, 0) is 4.74 Å². The summed E-state index contributed by atoms with van der Waals surface area (Å²) >= 11 is 0. The number of anilines is 2. The first-order valence-corrected chi connectivity index (χ1v) is 6.24. The monoisotopic (exact) mass is 251 g/mol. The molecule has 1 saturated heterocycles. The molecular formula is C12H21N5O. The first-order valence-electron chi connectivity index (χ1n) is 6.24. The maximum atomic E-state index is 5.44. The van der Waals surface area contributed by atoms with Crippen molar-refractivity contribution in [2.24, 2.45) is 5.84 Å². The Kier molecular flexibility index (Phi) is 3.68. The topological polar surface area (TPSA) is 85.1 Å². The standard InChI is InChI=1S/C12H21N5O/c1-8(2)11-14-9(6-10(15-11)17-13)16-12(3)4-5-18-7-12/h6,8H,4-5,7,13H2,1-3H3,(H2,14,15,16,17). The molecule has 0 aromatic carbocycles. The fraction of sp³-hybridized carbons (Fsp3) is 0.667. The molecule has 2 heterocycles. The van der Waals surface area contributed by atoms with E-state index in [-0.39, 0.29) is 11.5 Å². The third-order valence-electron chi connectivity index (χ3n) is 3.06. The number of aromatic nitrogens is 2. The van der Waals surface area contributed by atoms with Gasteiger partial charge >= 0.3 is 0 Å². The molecule has 100 valence electrons. The Bertz CT molecular complexity index is 415. The zero-order valence-corrected chi connectivity index (χ0v) is 11.2. The van der Waals surface area contributed by atoms with Crippen LogP contribution >= 0.6 is 0 Å². The molecule has 1 unspecified atom stereocenters. The van der Waals surface area contributed by atoms with Crippen molar-refractivity contribution in [3.8, 4) is 0 Å². The minimum absolute atomic E-state index is 0.0610. The summed E-state index contributed by atoms with van der Waals surface area (Å²) in [4.78, 5) is 8.85. The van der Waals surface area contributed by atoms with Gasteiger partial charge in [0.15, 0.2) is 0 Å². The summed E-state index contributed by atoms with van der Waals surface area (Å²) in [6, 6.07) is 1.81. The molecule has 1 aromatic heterocycles. The molecule has 18 heavy (non-hydrogen) atoms. The van der Waals surface area contributed by atoms with Crippen molar-refractivity contribution in [1.29, 1.82) is 0 Å². The summed E-state index contributed by atoms with van der Waals surface area (Å²) in [5.74, 6) is 7.88. The molecule has 1 aromatic rings. The van der Waals surface area contributed by atoms with E-state index in [0.29, 0.717) is 12.4 Å². The third kappa shape index (κ3) is 2.88. The fourth-order valence-electron chi connectivity index (χ4n) is 1.94. The van der Waals surface area contributed by atoms with Gasteiger partial charge in [-0.05, 0) is 13.3 Å². The zero-order valence-electron chi connectivity index (χ0n) is 11.2. The second-order valence-electron chi connectivity index (χ2n) is 5.28. The molecule has 1 fully saturated rings. The van der Waals surface area contributed by atoms with Crippen LogP contribution in [0.4, 0.5) is 11.6 Å². The molecule has 4 N–H and O–H groups in total. The predicted molar refractivity (Wildman–Crippen MR) is 71.4 cm³/mol. The first kappa shape index (κ1) is 13.0. The number of hydrazine groups is 1. The number of ether oxygens (including phenoxy) is 1. The van der Waals surface area contributed by atoms with E-state index >= 15 is 0 Å². The molecule has 0 radical (unpaired) electrons. The van der Waals surface area contributed by atoms with Crippen LogP contribution in [0.15, 0.2) is 6.07 Å². The van der Waals surface area contributed by atoms with Crippen LogP contribution < -0.4 is 16.6 Å². The molecular weight excluding hydrogens is 230 g/mol. The number of nitrogens with zero attached hydrogens (tertiary/aromatic N) is 2. The minimum atomic E-state index is -0.0610. The predicted octanol–water partition coefficient (Wildman–Crippen LogP) is 1.48. The number of hydrogen-bond acceptors (Lipinski definition) is 6. The number of nitrogens with two attached hydrogens (primary N) is 1. The maximum absolute atomic E-state index is 5.44. The van der Waals surface area contributed by atoms with Gasteiger partial charge < -0.3 is 15.5 Å². The normalized spacial score (nSPS) is 23.4. The van der Waals surface area contributed by atoms with Crippen LogP contribution in [0.3, 0.4) is 0 Å². The van der Waals surface area contributed by atoms with Crippen LogP contribution in [0.1, 0.15) is 38.9 Å². The van der Waals surface area contributed by atoms with Crippen molar-refractivity contribution in [2.45, 2.75) is 38.6 Å². The Labute approximate surface area is 107 Å². The van der Waals surface area contributed by atoms with Crippen molar-refractivity contribution in [1.82, 2.24) is 9.97 Å².